The molecular weight excluding hydrogens is 832 g/mol. The number of rotatable bonds is 9. The molecule has 0 aliphatic carbocycles. The van der Waals surface area contributed by atoms with Gasteiger partial charge in [-0.2, -0.15) is 13.2 Å². The van der Waals surface area contributed by atoms with Gasteiger partial charge in [-0.15, -0.1) is 17.5 Å². The van der Waals surface area contributed by atoms with Crippen LogP contribution in [0.15, 0.2) is 60.0 Å². The van der Waals surface area contributed by atoms with E-state index in [4.69, 9.17) is 9.72 Å². The molecule has 0 fully saturated rings. The summed E-state index contributed by atoms with van der Waals surface area (Å²) in [4.78, 5) is 16.8. The van der Waals surface area contributed by atoms with Crippen LogP contribution in [0.25, 0.3) is 32.8 Å². The molecule has 3 aromatic carbocycles. The second-order valence-electron chi connectivity index (χ2n) is 15.5. The van der Waals surface area contributed by atoms with E-state index in [-0.39, 0.29) is 49.2 Å². The first-order valence-electron chi connectivity index (χ1n) is 17.4. The smallest absolute Gasteiger partial charge is 0.389 e. The van der Waals surface area contributed by atoms with Crippen molar-refractivity contribution in [2.24, 2.45) is 17.3 Å². The number of aliphatic hydroxyl groups is 1. The quantitative estimate of drug-likeness (QED) is 0.0693. The SMILES string of the molecule is CC(C)(C)Cc1c2c([c-]c3ccccc13)-c1nccc3cc([Si](C)(C)C)cc(c13)O2.CCC(CC(F)(F)F)C(=O)/C(C)=C(\O)C(CC)CC.[Ir]. The van der Waals surface area contributed by atoms with Crippen LogP contribution in [-0.2, 0) is 31.3 Å². The fraction of sp³-hybridized carbons (Fsp3) is 0.463. The molecule has 0 saturated carbocycles. The fourth-order valence-electron chi connectivity index (χ4n) is 6.51. The Morgan fingerprint density at radius 3 is 2.16 bits per heavy atom. The number of hydrogen-bond donors (Lipinski definition) is 1. The molecule has 1 aliphatic rings. The largest absolute Gasteiger partial charge is 0.512 e. The summed E-state index contributed by atoms with van der Waals surface area (Å²) in [5.41, 5.74) is 3.46. The van der Waals surface area contributed by atoms with Crippen LogP contribution in [-0.4, -0.2) is 30.1 Å². The first-order chi connectivity index (χ1) is 22.8. The number of aliphatic hydroxyl groups excluding tert-OH is 1. The van der Waals surface area contributed by atoms with E-state index in [1.54, 1.807) is 6.92 Å². The summed E-state index contributed by atoms with van der Waals surface area (Å²) in [7, 11) is -1.49. The van der Waals surface area contributed by atoms with Crippen LogP contribution in [0.1, 0.15) is 79.7 Å². The topological polar surface area (TPSA) is 59.4 Å². The molecule has 1 aliphatic heterocycles. The number of ketones is 1. The van der Waals surface area contributed by atoms with Gasteiger partial charge in [0.2, 0.25) is 0 Å². The number of carbonyl (C=O) groups is 1. The number of Topliss-reactive ketones (excluding diaryl/α,β-unsaturated/α-hetero) is 1. The molecule has 1 atom stereocenters. The van der Waals surface area contributed by atoms with Crippen LogP contribution < -0.4 is 9.92 Å². The third-order valence-corrected chi connectivity index (χ3v) is 11.4. The van der Waals surface area contributed by atoms with Crippen molar-refractivity contribution >= 4 is 40.6 Å². The first kappa shape index (κ1) is 41.4. The van der Waals surface area contributed by atoms with Gasteiger partial charge < -0.3 is 9.84 Å². The predicted molar refractivity (Wildman–Crippen MR) is 199 cm³/mol. The molecule has 4 aromatic rings. The average molecular weight is 883 g/mol. The number of benzene rings is 3. The number of allylic oxidation sites excluding steroid dienone is 2. The summed E-state index contributed by atoms with van der Waals surface area (Å²) in [6.45, 7) is 20.7. The molecule has 5 rings (SSSR count). The molecule has 9 heteroatoms. The Kier molecular flexibility index (Phi) is 13.4. The van der Waals surface area contributed by atoms with E-state index in [1.165, 1.54) is 28.4 Å². The van der Waals surface area contributed by atoms with E-state index in [1.807, 2.05) is 20.0 Å². The number of nitrogens with zero attached hydrogens (tertiary/aromatic N) is 1. The van der Waals surface area contributed by atoms with Gasteiger partial charge in [-0.25, -0.2) is 0 Å². The van der Waals surface area contributed by atoms with Crippen LogP contribution >= 0.6 is 0 Å². The minimum Gasteiger partial charge on any atom is -0.512 e. The van der Waals surface area contributed by atoms with Crippen molar-refractivity contribution in [1.82, 2.24) is 4.98 Å². The standard InChI is InChI=1S/C27H28NOSi.C14H23F3O2.Ir/c1-27(2,3)16-22-20-10-8-7-9-17(20)14-21-25-24-18(11-12-28-25)13-19(30(4,5)6)15-23(24)29-26(21)22;1-5-10(6-2)12(18)9(4)13(19)11(7-3)8-14(15,16)17;/h7-13,15H,16H2,1-6H3;10-11,18H,5-8H2,1-4H3;/q-1;;/b;12-9-;. The Hall–Kier alpha value is -3.00. The van der Waals surface area contributed by atoms with E-state index in [0.717, 1.165) is 39.9 Å². The van der Waals surface area contributed by atoms with Crippen molar-refractivity contribution in [2.75, 3.05) is 0 Å². The van der Waals surface area contributed by atoms with Crippen LogP contribution in [0.5, 0.6) is 11.5 Å². The number of aromatic nitrogens is 1. The van der Waals surface area contributed by atoms with Gasteiger partial charge in [0.25, 0.3) is 0 Å². The number of halogens is 3. The number of pyridine rings is 1. The van der Waals surface area contributed by atoms with E-state index in [2.05, 4.69) is 88.9 Å². The monoisotopic (exact) mass is 883 g/mol. The van der Waals surface area contributed by atoms with Crippen molar-refractivity contribution < 1.29 is 47.9 Å². The second-order valence-corrected chi connectivity index (χ2v) is 20.6. The molecule has 2 heterocycles. The van der Waals surface area contributed by atoms with Gasteiger partial charge in [0, 0.05) is 54.8 Å². The Labute approximate surface area is 310 Å². The third-order valence-electron chi connectivity index (χ3n) is 9.33. The number of carbonyl (C=O) groups excluding carboxylic acids is 1. The molecule has 1 radical (unpaired) electrons. The maximum Gasteiger partial charge on any atom is 0.389 e. The van der Waals surface area contributed by atoms with Gasteiger partial charge in [-0.1, -0.05) is 107 Å². The summed E-state index contributed by atoms with van der Waals surface area (Å²) in [6.07, 6.45) is -1.20. The molecule has 0 bridgehead atoms. The van der Waals surface area contributed by atoms with Crippen molar-refractivity contribution in [3.8, 4) is 22.8 Å². The van der Waals surface area contributed by atoms with Crippen molar-refractivity contribution in [1.29, 1.82) is 0 Å². The van der Waals surface area contributed by atoms with Gasteiger partial charge in [-0.05, 0) is 55.5 Å². The predicted octanol–water partition coefficient (Wildman–Crippen LogP) is 11.9. The summed E-state index contributed by atoms with van der Waals surface area (Å²) in [5, 5.41) is 16.0. The minimum absolute atomic E-state index is 0. The first-order valence-corrected chi connectivity index (χ1v) is 20.9. The summed E-state index contributed by atoms with van der Waals surface area (Å²) in [6, 6.07) is 18.9. The van der Waals surface area contributed by atoms with E-state index in [9.17, 15) is 23.1 Å². The van der Waals surface area contributed by atoms with Crippen molar-refractivity contribution in [2.45, 2.75) is 106 Å². The molecule has 1 aromatic heterocycles. The molecule has 50 heavy (non-hydrogen) atoms. The zero-order chi connectivity index (χ0) is 36.5. The number of alkyl halides is 3. The molecule has 0 spiro atoms. The normalized spacial score (nSPS) is 13.9. The minimum atomic E-state index is -4.36. The van der Waals surface area contributed by atoms with Gasteiger partial charge in [-0.3, -0.25) is 9.78 Å². The van der Waals surface area contributed by atoms with Gasteiger partial charge in [0.05, 0.1) is 20.2 Å². The summed E-state index contributed by atoms with van der Waals surface area (Å²) >= 11 is 0. The molecule has 273 valence electrons. The van der Waals surface area contributed by atoms with Crippen LogP contribution in [0.4, 0.5) is 13.2 Å². The number of fused-ring (bicyclic) bond motifs is 3. The van der Waals surface area contributed by atoms with Crippen LogP contribution in [0.3, 0.4) is 0 Å². The average Bonchev–Trinajstić information content (AvgIpc) is 3.02. The van der Waals surface area contributed by atoms with E-state index in [0.29, 0.717) is 12.8 Å². The van der Waals surface area contributed by atoms with Crippen molar-refractivity contribution in [3.05, 3.63) is 71.6 Å². The van der Waals surface area contributed by atoms with Crippen LogP contribution in [0.2, 0.25) is 19.6 Å². The molecular formula is C41H51F3IrNO3Si-. The maximum absolute atomic E-state index is 12.4. The molecule has 4 nitrogen and oxygen atoms in total. The Balaban J connectivity index is 0.000000296. The van der Waals surface area contributed by atoms with Crippen LogP contribution in [0, 0.1) is 23.3 Å². The van der Waals surface area contributed by atoms with E-state index < -0.39 is 32.4 Å². The van der Waals surface area contributed by atoms with E-state index >= 15 is 0 Å². The summed E-state index contributed by atoms with van der Waals surface area (Å²) < 4.78 is 43.9. The maximum atomic E-state index is 12.4. The third kappa shape index (κ3) is 9.45. The molecule has 0 saturated heterocycles. The van der Waals surface area contributed by atoms with Gasteiger partial charge in [0.1, 0.15) is 11.5 Å². The summed E-state index contributed by atoms with van der Waals surface area (Å²) in [5.74, 6) is -0.0353. The molecule has 1 unspecified atom stereocenters. The van der Waals surface area contributed by atoms with Crippen molar-refractivity contribution in [3.63, 3.8) is 0 Å². The molecule has 1 N–H and O–H groups in total. The molecule has 0 amide bonds. The Bertz CT molecular complexity index is 1870. The fourth-order valence-corrected chi connectivity index (χ4v) is 7.67. The van der Waals surface area contributed by atoms with Gasteiger partial charge in [0.15, 0.2) is 5.78 Å². The second kappa shape index (κ2) is 16.1. The zero-order valence-electron chi connectivity index (χ0n) is 31.0. The van der Waals surface area contributed by atoms with Gasteiger partial charge >= 0.3 is 6.18 Å². The Morgan fingerprint density at radius 1 is 0.980 bits per heavy atom. The number of ether oxygens (including phenoxy) is 1. The zero-order valence-corrected chi connectivity index (χ0v) is 34.4. The number of hydrogen-bond acceptors (Lipinski definition) is 4. The Morgan fingerprint density at radius 2 is 1.60 bits per heavy atom.